The van der Waals surface area contributed by atoms with Crippen molar-refractivity contribution in [2.75, 3.05) is 20.2 Å². The van der Waals surface area contributed by atoms with Gasteiger partial charge in [0.1, 0.15) is 17.1 Å². The van der Waals surface area contributed by atoms with Crippen LogP contribution in [0.1, 0.15) is 44.7 Å². The molecular weight excluding hydrogens is 266 g/mol. The van der Waals surface area contributed by atoms with Crippen LogP contribution in [0.5, 0.6) is 11.5 Å². The highest BCUT2D eigenvalue weighted by Gasteiger charge is 2.36. The number of hydrogen-bond donors (Lipinski definition) is 1. The van der Waals surface area contributed by atoms with Crippen molar-refractivity contribution in [2.45, 2.75) is 50.9 Å². The van der Waals surface area contributed by atoms with E-state index in [1.807, 2.05) is 6.07 Å². The summed E-state index contributed by atoms with van der Waals surface area (Å²) in [6.45, 7) is 6.04. The highest BCUT2D eigenvalue weighted by molar-refractivity contribution is 5.44. The van der Waals surface area contributed by atoms with Crippen LogP contribution in [0.4, 0.5) is 0 Å². The molecule has 0 saturated carbocycles. The highest BCUT2D eigenvalue weighted by atomic mass is 16.5. The van der Waals surface area contributed by atoms with E-state index in [1.165, 1.54) is 6.42 Å². The first-order chi connectivity index (χ1) is 9.94. The first-order valence-electron chi connectivity index (χ1n) is 7.78. The van der Waals surface area contributed by atoms with Crippen LogP contribution in [0.3, 0.4) is 0 Å². The second kappa shape index (κ2) is 5.50. The van der Waals surface area contributed by atoms with Gasteiger partial charge < -0.3 is 14.6 Å². The van der Waals surface area contributed by atoms with Crippen LogP contribution < -0.4 is 4.74 Å². The summed E-state index contributed by atoms with van der Waals surface area (Å²) in [6, 6.07) is 5.75. The van der Waals surface area contributed by atoms with E-state index in [-0.39, 0.29) is 11.4 Å². The predicted molar refractivity (Wildman–Crippen MR) is 81.8 cm³/mol. The zero-order valence-corrected chi connectivity index (χ0v) is 13.1. The third-order valence-electron chi connectivity index (χ3n) is 4.47. The fourth-order valence-electron chi connectivity index (χ4n) is 3.43. The van der Waals surface area contributed by atoms with Gasteiger partial charge in [-0.25, -0.2) is 0 Å². The molecule has 21 heavy (non-hydrogen) atoms. The lowest BCUT2D eigenvalue weighted by Crippen LogP contribution is -2.42. The minimum atomic E-state index is -0.226. The lowest BCUT2D eigenvalue weighted by atomic mass is 9.88. The molecule has 4 nitrogen and oxygen atoms in total. The summed E-state index contributed by atoms with van der Waals surface area (Å²) in [4.78, 5) is 2.37. The average Bonchev–Trinajstić information content (AvgIpc) is 2.89. The number of aromatic hydroxyl groups is 1. The summed E-state index contributed by atoms with van der Waals surface area (Å²) in [6.07, 6.45) is 3.61. The third kappa shape index (κ3) is 3.16. The molecule has 0 aliphatic carbocycles. The Morgan fingerprint density at radius 2 is 2.19 bits per heavy atom. The molecule has 0 radical (unpaired) electrons. The maximum atomic E-state index is 9.70. The standard InChI is InChI=1S/C17H25NO3/c1-17(2)10-15(18(3)11-13-5-4-8-20-13)14-7-6-12(19)9-16(14)21-17/h6-7,9,13,15,19H,4-5,8,10-11H2,1-3H3. The molecular formula is C17H25NO3. The molecule has 1 N–H and O–H groups in total. The maximum absolute atomic E-state index is 9.70. The van der Waals surface area contributed by atoms with Gasteiger partial charge in [0.15, 0.2) is 0 Å². The van der Waals surface area contributed by atoms with E-state index in [9.17, 15) is 5.11 Å². The van der Waals surface area contributed by atoms with Crippen molar-refractivity contribution in [3.8, 4) is 11.5 Å². The van der Waals surface area contributed by atoms with Gasteiger partial charge in [-0.3, -0.25) is 4.90 Å². The van der Waals surface area contributed by atoms with Crippen molar-refractivity contribution in [2.24, 2.45) is 0 Å². The number of ether oxygens (including phenoxy) is 2. The Hall–Kier alpha value is -1.26. The van der Waals surface area contributed by atoms with Crippen LogP contribution in [0, 0.1) is 0 Å². The molecule has 4 heteroatoms. The molecule has 1 fully saturated rings. The number of phenols is 1. The second-order valence-electron chi connectivity index (χ2n) is 6.88. The normalized spacial score (nSPS) is 27.4. The lowest BCUT2D eigenvalue weighted by molar-refractivity contribution is 0.0159. The van der Waals surface area contributed by atoms with Gasteiger partial charge in [0.05, 0.1) is 6.10 Å². The molecule has 1 saturated heterocycles. The van der Waals surface area contributed by atoms with Crippen LogP contribution in [-0.2, 0) is 4.74 Å². The summed E-state index contributed by atoms with van der Waals surface area (Å²) < 4.78 is 11.8. The smallest absolute Gasteiger partial charge is 0.128 e. The van der Waals surface area contributed by atoms with Gasteiger partial charge in [0, 0.05) is 37.2 Å². The maximum Gasteiger partial charge on any atom is 0.128 e. The van der Waals surface area contributed by atoms with E-state index in [4.69, 9.17) is 9.47 Å². The Bertz CT molecular complexity index is 509. The van der Waals surface area contributed by atoms with Gasteiger partial charge >= 0.3 is 0 Å². The first kappa shape index (κ1) is 14.7. The minimum Gasteiger partial charge on any atom is -0.508 e. The Labute approximate surface area is 126 Å². The molecule has 1 aromatic carbocycles. The molecule has 116 valence electrons. The van der Waals surface area contributed by atoms with E-state index in [1.54, 1.807) is 12.1 Å². The van der Waals surface area contributed by atoms with Gasteiger partial charge in [-0.2, -0.15) is 0 Å². The Morgan fingerprint density at radius 3 is 2.90 bits per heavy atom. The molecule has 0 spiro atoms. The Balaban J connectivity index is 1.83. The van der Waals surface area contributed by atoms with Crippen molar-refractivity contribution in [1.82, 2.24) is 4.90 Å². The minimum absolute atomic E-state index is 0.226. The zero-order chi connectivity index (χ0) is 15.0. The molecule has 2 unspecified atom stereocenters. The Morgan fingerprint density at radius 1 is 1.38 bits per heavy atom. The molecule has 2 atom stereocenters. The molecule has 3 rings (SSSR count). The predicted octanol–water partition coefficient (Wildman–Crippen LogP) is 3.11. The largest absolute Gasteiger partial charge is 0.508 e. The van der Waals surface area contributed by atoms with Crippen molar-refractivity contribution >= 4 is 0 Å². The van der Waals surface area contributed by atoms with Gasteiger partial charge in [-0.05, 0) is 39.8 Å². The highest BCUT2D eigenvalue weighted by Crippen LogP contribution is 2.43. The summed E-state index contributed by atoms with van der Waals surface area (Å²) in [5.74, 6) is 1.06. The third-order valence-corrected chi connectivity index (χ3v) is 4.47. The summed E-state index contributed by atoms with van der Waals surface area (Å²) >= 11 is 0. The van der Waals surface area contributed by atoms with Crippen molar-refractivity contribution in [3.05, 3.63) is 23.8 Å². The van der Waals surface area contributed by atoms with Crippen LogP contribution >= 0.6 is 0 Å². The van der Waals surface area contributed by atoms with E-state index in [0.717, 1.165) is 37.3 Å². The van der Waals surface area contributed by atoms with Gasteiger partial charge in [0.2, 0.25) is 0 Å². The summed E-state index contributed by atoms with van der Waals surface area (Å²) in [5.41, 5.74) is 0.934. The van der Waals surface area contributed by atoms with Crippen molar-refractivity contribution < 1.29 is 14.6 Å². The number of hydrogen-bond acceptors (Lipinski definition) is 4. The lowest BCUT2D eigenvalue weighted by Gasteiger charge is -2.42. The van der Waals surface area contributed by atoms with E-state index < -0.39 is 0 Å². The van der Waals surface area contributed by atoms with Crippen LogP contribution in [0.15, 0.2) is 18.2 Å². The number of nitrogens with zero attached hydrogens (tertiary/aromatic N) is 1. The topological polar surface area (TPSA) is 41.9 Å². The van der Waals surface area contributed by atoms with Gasteiger partial charge in [-0.1, -0.05) is 6.07 Å². The molecule has 2 aliphatic rings. The quantitative estimate of drug-likeness (QED) is 0.929. The number of likely N-dealkylation sites (N-methyl/N-ethyl adjacent to an activating group) is 1. The van der Waals surface area contributed by atoms with Crippen LogP contribution in [0.25, 0.3) is 0 Å². The molecule has 0 amide bonds. The number of rotatable bonds is 3. The fourth-order valence-corrected chi connectivity index (χ4v) is 3.43. The molecule has 2 heterocycles. The van der Waals surface area contributed by atoms with E-state index >= 15 is 0 Å². The number of phenolic OH excluding ortho intramolecular Hbond substituents is 1. The molecule has 0 bridgehead atoms. The molecule has 1 aromatic rings. The second-order valence-corrected chi connectivity index (χ2v) is 6.88. The summed E-state index contributed by atoms with van der Waals surface area (Å²) in [5, 5.41) is 9.70. The first-order valence-corrected chi connectivity index (χ1v) is 7.78. The fraction of sp³-hybridized carbons (Fsp3) is 0.647. The van der Waals surface area contributed by atoms with Crippen molar-refractivity contribution in [1.29, 1.82) is 0 Å². The molecule has 2 aliphatic heterocycles. The molecule has 0 aromatic heterocycles. The number of fused-ring (bicyclic) bond motifs is 1. The van der Waals surface area contributed by atoms with Crippen molar-refractivity contribution in [3.63, 3.8) is 0 Å². The SMILES string of the molecule is CN(CC1CCCO1)C1CC(C)(C)Oc2cc(O)ccc21. The Kier molecular flexibility index (Phi) is 3.84. The number of benzene rings is 1. The van der Waals surface area contributed by atoms with Crippen LogP contribution in [-0.4, -0.2) is 41.9 Å². The van der Waals surface area contributed by atoms with E-state index in [0.29, 0.717) is 12.1 Å². The average molecular weight is 291 g/mol. The van der Waals surface area contributed by atoms with Gasteiger partial charge in [-0.15, -0.1) is 0 Å². The monoisotopic (exact) mass is 291 g/mol. The zero-order valence-electron chi connectivity index (χ0n) is 13.1. The summed E-state index contributed by atoms with van der Waals surface area (Å²) in [7, 11) is 2.16. The van der Waals surface area contributed by atoms with E-state index in [2.05, 4.69) is 25.8 Å². The van der Waals surface area contributed by atoms with Gasteiger partial charge in [0.25, 0.3) is 0 Å². The van der Waals surface area contributed by atoms with Crippen LogP contribution in [0.2, 0.25) is 0 Å².